The minimum absolute atomic E-state index is 0.294. The highest BCUT2D eigenvalue weighted by Crippen LogP contribution is 2.26. The lowest BCUT2D eigenvalue weighted by Crippen LogP contribution is -2.35. The maximum Gasteiger partial charge on any atom is 0.324 e. The first-order valence-electron chi connectivity index (χ1n) is 6.70. The Labute approximate surface area is 128 Å². The number of carbonyl (C=O) groups is 2. The van der Waals surface area contributed by atoms with E-state index in [1.54, 1.807) is 11.8 Å². The van der Waals surface area contributed by atoms with Gasteiger partial charge in [0.1, 0.15) is 12.1 Å². The Morgan fingerprint density at radius 2 is 2.00 bits per heavy atom. The van der Waals surface area contributed by atoms with Crippen molar-refractivity contribution in [3.8, 4) is 0 Å². The number of carbonyl (C=O) groups excluding carboxylic acids is 2. The summed E-state index contributed by atoms with van der Waals surface area (Å²) in [6.45, 7) is 0.554. The number of rotatable bonds is 7. The Kier molecular flexibility index (Phi) is 5.64. The van der Waals surface area contributed by atoms with Crippen molar-refractivity contribution >= 4 is 23.7 Å². The van der Waals surface area contributed by atoms with E-state index in [0.717, 1.165) is 5.75 Å². The van der Waals surface area contributed by atoms with E-state index in [2.05, 4.69) is 12.1 Å². The first-order chi connectivity index (χ1) is 10.2. The van der Waals surface area contributed by atoms with Crippen LogP contribution in [-0.2, 0) is 24.8 Å². The summed E-state index contributed by atoms with van der Waals surface area (Å²) in [4.78, 5) is 25.2. The van der Waals surface area contributed by atoms with Crippen LogP contribution in [0.5, 0.6) is 0 Å². The molecule has 2 rings (SSSR count). The van der Waals surface area contributed by atoms with Gasteiger partial charge in [-0.25, -0.2) is 0 Å². The molecule has 1 heterocycles. The summed E-state index contributed by atoms with van der Waals surface area (Å²) in [6.07, 6.45) is 0. The zero-order valence-electron chi connectivity index (χ0n) is 12.2. The van der Waals surface area contributed by atoms with E-state index in [9.17, 15) is 9.59 Å². The third-order valence-corrected chi connectivity index (χ3v) is 4.47. The Morgan fingerprint density at radius 1 is 1.29 bits per heavy atom. The number of esters is 2. The van der Waals surface area contributed by atoms with E-state index in [1.807, 2.05) is 23.1 Å². The Morgan fingerprint density at radius 3 is 2.62 bits per heavy atom. The lowest BCUT2D eigenvalue weighted by Gasteiger charge is -2.16. The maximum absolute atomic E-state index is 11.9. The molecule has 0 radical (unpaired) electrons. The zero-order valence-corrected chi connectivity index (χ0v) is 13.0. The SMILES string of the molecule is COC(=O)C(CSCc1ccccc1)N1CC1C(=O)OC. The number of ether oxygens (including phenoxy) is 2. The van der Waals surface area contributed by atoms with E-state index in [4.69, 9.17) is 9.47 Å². The van der Waals surface area contributed by atoms with Crippen molar-refractivity contribution in [2.75, 3.05) is 26.5 Å². The molecule has 6 heteroatoms. The normalized spacial score (nSPS) is 21.4. The molecule has 3 unspecified atom stereocenters. The fourth-order valence-electron chi connectivity index (χ4n) is 2.14. The highest BCUT2D eigenvalue weighted by Gasteiger charge is 2.48. The average Bonchev–Trinajstić information content (AvgIpc) is 3.31. The maximum atomic E-state index is 11.9. The monoisotopic (exact) mass is 309 g/mol. The van der Waals surface area contributed by atoms with Gasteiger partial charge >= 0.3 is 11.9 Å². The predicted molar refractivity (Wildman–Crippen MR) is 80.9 cm³/mol. The highest BCUT2D eigenvalue weighted by atomic mass is 32.2. The molecule has 0 aromatic heterocycles. The average molecular weight is 309 g/mol. The largest absolute Gasteiger partial charge is 0.468 e. The Hall–Kier alpha value is -1.53. The zero-order chi connectivity index (χ0) is 15.2. The van der Waals surface area contributed by atoms with E-state index in [1.165, 1.54) is 19.8 Å². The molecule has 5 nitrogen and oxygen atoms in total. The van der Waals surface area contributed by atoms with Crippen LogP contribution < -0.4 is 0 Å². The van der Waals surface area contributed by atoms with E-state index in [-0.39, 0.29) is 18.0 Å². The van der Waals surface area contributed by atoms with Crippen LogP contribution in [0.3, 0.4) is 0 Å². The standard InChI is InChI=1S/C15H19NO4S/c1-19-14(17)12-8-16(12)13(15(18)20-2)10-21-9-11-6-4-3-5-7-11/h3-7,12-13H,8-10H2,1-2H3. The summed E-state index contributed by atoms with van der Waals surface area (Å²) in [6, 6.07) is 9.35. The number of benzene rings is 1. The van der Waals surface area contributed by atoms with Crippen molar-refractivity contribution in [1.29, 1.82) is 0 Å². The molecular formula is C15H19NO4S. The molecule has 1 fully saturated rings. The van der Waals surface area contributed by atoms with Crippen molar-refractivity contribution in [3.63, 3.8) is 0 Å². The first kappa shape index (κ1) is 15.9. The minimum atomic E-state index is -0.396. The van der Waals surface area contributed by atoms with Crippen molar-refractivity contribution in [2.45, 2.75) is 17.8 Å². The van der Waals surface area contributed by atoms with Gasteiger partial charge in [-0.1, -0.05) is 30.3 Å². The van der Waals surface area contributed by atoms with Gasteiger partial charge in [-0.2, -0.15) is 11.8 Å². The second-order valence-electron chi connectivity index (χ2n) is 4.78. The van der Waals surface area contributed by atoms with Crippen LogP contribution in [0, 0.1) is 0 Å². The van der Waals surface area contributed by atoms with Gasteiger partial charge in [0.2, 0.25) is 0 Å². The lowest BCUT2D eigenvalue weighted by atomic mass is 10.2. The van der Waals surface area contributed by atoms with Crippen LogP contribution in [0.25, 0.3) is 0 Å². The summed E-state index contributed by atoms with van der Waals surface area (Å²) >= 11 is 1.65. The van der Waals surface area contributed by atoms with E-state index < -0.39 is 6.04 Å². The molecule has 3 atom stereocenters. The second-order valence-corrected chi connectivity index (χ2v) is 5.81. The molecule has 1 aromatic carbocycles. The fourth-order valence-corrected chi connectivity index (χ4v) is 3.24. The van der Waals surface area contributed by atoms with Gasteiger partial charge < -0.3 is 9.47 Å². The van der Waals surface area contributed by atoms with Crippen molar-refractivity contribution in [1.82, 2.24) is 4.90 Å². The van der Waals surface area contributed by atoms with Gasteiger partial charge in [-0.15, -0.1) is 0 Å². The van der Waals surface area contributed by atoms with Crippen molar-refractivity contribution < 1.29 is 19.1 Å². The minimum Gasteiger partial charge on any atom is -0.468 e. The Bertz CT molecular complexity index is 494. The smallest absolute Gasteiger partial charge is 0.324 e. The number of methoxy groups -OCH3 is 2. The van der Waals surface area contributed by atoms with Gasteiger partial charge in [-0.3, -0.25) is 14.5 Å². The van der Waals surface area contributed by atoms with Gasteiger partial charge in [0.15, 0.2) is 0 Å². The summed E-state index contributed by atoms with van der Waals surface area (Å²) in [7, 11) is 2.73. The predicted octanol–water partition coefficient (Wildman–Crippen LogP) is 1.32. The number of hydrogen-bond donors (Lipinski definition) is 0. The quantitative estimate of drug-likeness (QED) is 0.559. The van der Waals surface area contributed by atoms with Gasteiger partial charge in [0.25, 0.3) is 0 Å². The molecule has 21 heavy (non-hydrogen) atoms. The molecule has 1 saturated heterocycles. The first-order valence-corrected chi connectivity index (χ1v) is 7.86. The molecule has 1 aromatic rings. The molecule has 0 aliphatic carbocycles. The summed E-state index contributed by atoms with van der Waals surface area (Å²) < 4.78 is 9.53. The molecule has 0 saturated carbocycles. The molecule has 0 spiro atoms. The van der Waals surface area contributed by atoms with Gasteiger partial charge in [-0.05, 0) is 5.56 Å². The van der Waals surface area contributed by atoms with Crippen LogP contribution in [0.1, 0.15) is 5.56 Å². The lowest BCUT2D eigenvalue weighted by molar-refractivity contribution is -0.145. The number of nitrogens with zero attached hydrogens (tertiary/aromatic N) is 1. The van der Waals surface area contributed by atoms with Crippen LogP contribution >= 0.6 is 11.8 Å². The summed E-state index contributed by atoms with van der Waals surface area (Å²) in [5, 5.41) is 0. The van der Waals surface area contributed by atoms with E-state index in [0.29, 0.717) is 12.3 Å². The summed E-state index contributed by atoms with van der Waals surface area (Å²) in [5.41, 5.74) is 1.21. The Balaban J connectivity index is 1.86. The van der Waals surface area contributed by atoms with Crippen molar-refractivity contribution in [2.24, 2.45) is 0 Å². The molecule has 0 N–H and O–H groups in total. The second kappa shape index (κ2) is 7.47. The van der Waals surface area contributed by atoms with Crippen molar-refractivity contribution in [3.05, 3.63) is 35.9 Å². The number of hydrogen-bond acceptors (Lipinski definition) is 6. The molecule has 0 bridgehead atoms. The molecule has 1 aliphatic rings. The van der Waals surface area contributed by atoms with Crippen LogP contribution in [0.15, 0.2) is 30.3 Å². The topological polar surface area (TPSA) is 55.6 Å². The van der Waals surface area contributed by atoms with Crippen LogP contribution in [0.2, 0.25) is 0 Å². The molecule has 114 valence electrons. The van der Waals surface area contributed by atoms with Crippen LogP contribution in [0.4, 0.5) is 0 Å². The van der Waals surface area contributed by atoms with Gasteiger partial charge in [0.05, 0.1) is 14.2 Å². The highest BCUT2D eigenvalue weighted by molar-refractivity contribution is 7.98. The third kappa shape index (κ3) is 4.22. The molecule has 0 amide bonds. The third-order valence-electron chi connectivity index (χ3n) is 3.38. The van der Waals surface area contributed by atoms with Crippen LogP contribution in [-0.4, -0.2) is 55.4 Å². The number of thioether (sulfide) groups is 1. The fraction of sp³-hybridized carbons (Fsp3) is 0.467. The summed E-state index contributed by atoms with van der Waals surface area (Å²) in [5.74, 6) is 0.819. The molecule has 1 aliphatic heterocycles. The van der Waals surface area contributed by atoms with E-state index >= 15 is 0 Å². The molecular weight excluding hydrogens is 290 g/mol. The van der Waals surface area contributed by atoms with Gasteiger partial charge in [0, 0.05) is 18.1 Å².